The van der Waals surface area contributed by atoms with Gasteiger partial charge in [0.1, 0.15) is 11.3 Å². The van der Waals surface area contributed by atoms with Crippen LogP contribution in [0, 0.1) is 0 Å². The molecule has 2 aromatic heterocycles. The highest BCUT2D eigenvalue weighted by atomic mass is 32.2. The Balaban J connectivity index is 1.35. The number of hydrogen-bond acceptors (Lipinski definition) is 8. The molecule has 1 aromatic carbocycles. The smallest absolute Gasteiger partial charge is 0.298 e. The molecule has 1 saturated heterocycles. The van der Waals surface area contributed by atoms with Crippen LogP contribution in [0.5, 0.6) is 5.75 Å². The first-order chi connectivity index (χ1) is 13.2. The van der Waals surface area contributed by atoms with Crippen LogP contribution in [0.25, 0.3) is 11.1 Å². The lowest BCUT2D eigenvalue weighted by Gasteiger charge is -2.33. The minimum Gasteiger partial charge on any atom is -0.497 e. The molecule has 1 aliphatic heterocycles. The minimum absolute atomic E-state index is 0.683. The number of rotatable bonds is 6. The zero-order valence-electron chi connectivity index (χ0n) is 15.6. The maximum atomic E-state index is 5.92. The summed E-state index contributed by atoms with van der Waals surface area (Å²) >= 11 is 1.66. The Hall–Kier alpha value is -2.32. The van der Waals surface area contributed by atoms with Gasteiger partial charge < -0.3 is 14.1 Å². The average Bonchev–Trinajstić information content (AvgIpc) is 3.13. The van der Waals surface area contributed by atoms with Crippen molar-refractivity contribution in [2.75, 3.05) is 43.9 Å². The van der Waals surface area contributed by atoms with E-state index in [-0.39, 0.29) is 0 Å². The first-order valence-electron chi connectivity index (χ1n) is 9.11. The number of aromatic nitrogens is 3. The van der Waals surface area contributed by atoms with E-state index in [1.165, 1.54) is 0 Å². The summed E-state index contributed by atoms with van der Waals surface area (Å²) in [7, 11) is 1.66. The van der Waals surface area contributed by atoms with Gasteiger partial charge in [0.05, 0.1) is 7.11 Å². The molecule has 0 unspecified atom stereocenters. The number of hydrogen-bond donors (Lipinski definition) is 0. The van der Waals surface area contributed by atoms with Crippen molar-refractivity contribution in [3.63, 3.8) is 0 Å². The molecular weight excluding hydrogens is 362 g/mol. The zero-order valence-corrected chi connectivity index (χ0v) is 16.4. The van der Waals surface area contributed by atoms with Gasteiger partial charge in [0.15, 0.2) is 10.7 Å². The lowest BCUT2D eigenvalue weighted by Crippen LogP contribution is -2.46. The van der Waals surface area contributed by atoms with Crippen molar-refractivity contribution < 1.29 is 9.15 Å². The Morgan fingerprint density at radius 2 is 1.93 bits per heavy atom. The average molecular weight is 385 g/mol. The molecule has 0 N–H and O–H groups in total. The molecule has 0 radical (unpaired) electrons. The molecule has 0 bridgehead atoms. The van der Waals surface area contributed by atoms with Gasteiger partial charge in [0.2, 0.25) is 0 Å². The summed E-state index contributed by atoms with van der Waals surface area (Å²) in [4.78, 5) is 18.1. The number of methoxy groups -OCH3 is 1. The summed E-state index contributed by atoms with van der Waals surface area (Å²) in [5.41, 5.74) is 2.77. The number of nitrogens with zero attached hydrogens (tertiary/aromatic N) is 5. The molecule has 3 aromatic rings. The predicted molar refractivity (Wildman–Crippen MR) is 106 cm³/mol. The summed E-state index contributed by atoms with van der Waals surface area (Å²) in [6.45, 7) is 6.65. The number of benzene rings is 1. The van der Waals surface area contributed by atoms with Crippen LogP contribution < -0.4 is 9.64 Å². The van der Waals surface area contributed by atoms with Gasteiger partial charge in [-0.05, 0) is 17.9 Å². The Kier molecular flexibility index (Phi) is 5.45. The fraction of sp³-hybridized carbons (Fsp3) is 0.421. The van der Waals surface area contributed by atoms with Gasteiger partial charge in [0.25, 0.3) is 6.01 Å². The van der Waals surface area contributed by atoms with E-state index in [0.717, 1.165) is 66.0 Å². The van der Waals surface area contributed by atoms with Crippen molar-refractivity contribution in [3.05, 3.63) is 36.2 Å². The summed E-state index contributed by atoms with van der Waals surface area (Å²) in [5, 5.41) is 0.846. The van der Waals surface area contributed by atoms with E-state index >= 15 is 0 Å². The molecule has 142 valence electrons. The van der Waals surface area contributed by atoms with Gasteiger partial charge in [0, 0.05) is 56.7 Å². The summed E-state index contributed by atoms with van der Waals surface area (Å²) < 4.78 is 11.2. The van der Waals surface area contributed by atoms with Gasteiger partial charge >= 0.3 is 0 Å². The van der Waals surface area contributed by atoms with Crippen LogP contribution in [0.4, 0.5) is 6.01 Å². The van der Waals surface area contributed by atoms with Crippen molar-refractivity contribution in [2.45, 2.75) is 18.6 Å². The number of ether oxygens (including phenoxy) is 1. The SMILES string of the molecule is CCSc1ncc(CN2CCN(c3nc4cc(OC)ccc4o3)CC2)cn1. The molecule has 3 heterocycles. The van der Waals surface area contributed by atoms with Gasteiger partial charge in [-0.15, -0.1) is 0 Å². The topological polar surface area (TPSA) is 67.5 Å². The predicted octanol–water partition coefficient (Wildman–Crippen LogP) is 3.06. The second-order valence-corrected chi connectivity index (χ2v) is 7.63. The van der Waals surface area contributed by atoms with Crippen molar-refractivity contribution in [1.29, 1.82) is 0 Å². The third kappa shape index (κ3) is 4.17. The van der Waals surface area contributed by atoms with Crippen LogP contribution in [0.3, 0.4) is 0 Å². The van der Waals surface area contributed by atoms with Crippen LogP contribution in [-0.2, 0) is 6.54 Å². The summed E-state index contributed by atoms with van der Waals surface area (Å²) in [5.74, 6) is 1.78. The Morgan fingerprint density at radius 1 is 1.15 bits per heavy atom. The third-order valence-corrected chi connectivity index (χ3v) is 5.35. The van der Waals surface area contributed by atoms with Crippen LogP contribution in [0.1, 0.15) is 12.5 Å². The third-order valence-electron chi connectivity index (χ3n) is 4.59. The molecule has 0 amide bonds. The second kappa shape index (κ2) is 8.14. The first kappa shape index (κ1) is 18.1. The lowest BCUT2D eigenvalue weighted by atomic mass is 10.2. The fourth-order valence-corrected chi connectivity index (χ4v) is 3.65. The van der Waals surface area contributed by atoms with Gasteiger partial charge in [-0.25, -0.2) is 9.97 Å². The Labute approximate surface area is 162 Å². The summed E-state index contributed by atoms with van der Waals surface area (Å²) in [6, 6.07) is 6.38. The maximum absolute atomic E-state index is 5.92. The van der Waals surface area contributed by atoms with Crippen molar-refractivity contribution in [3.8, 4) is 5.75 Å². The van der Waals surface area contributed by atoms with E-state index in [9.17, 15) is 0 Å². The zero-order chi connectivity index (χ0) is 18.6. The molecule has 0 spiro atoms. The van der Waals surface area contributed by atoms with E-state index in [1.807, 2.05) is 30.6 Å². The molecule has 27 heavy (non-hydrogen) atoms. The van der Waals surface area contributed by atoms with Crippen molar-refractivity contribution in [2.24, 2.45) is 0 Å². The maximum Gasteiger partial charge on any atom is 0.298 e. The second-order valence-electron chi connectivity index (χ2n) is 6.40. The number of oxazole rings is 1. The van der Waals surface area contributed by atoms with E-state index in [0.29, 0.717) is 6.01 Å². The molecule has 7 nitrogen and oxygen atoms in total. The quantitative estimate of drug-likeness (QED) is 0.474. The van der Waals surface area contributed by atoms with Crippen molar-refractivity contribution in [1.82, 2.24) is 19.9 Å². The van der Waals surface area contributed by atoms with Crippen LogP contribution >= 0.6 is 11.8 Å². The van der Waals surface area contributed by atoms with Crippen LogP contribution in [-0.4, -0.2) is 58.9 Å². The normalized spacial score (nSPS) is 15.4. The molecule has 8 heteroatoms. The molecule has 0 aliphatic carbocycles. The molecule has 1 aliphatic rings. The highest BCUT2D eigenvalue weighted by Crippen LogP contribution is 2.26. The number of anilines is 1. The van der Waals surface area contributed by atoms with E-state index in [1.54, 1.807) is 18.9 Å². The number of thioether (sulfide) groups is 1. The molecule has 0 saturated carbocycles. The van der Waals surface area contributed by atoms with Gasteiger partial charge in [-0.2, -0.15) is 4.98 Å². The van der Waals surface area contributed by atoms with E-state index < -0.39 is 0 Å². The van der Waals surface area contributed by atoms with Gasteiger partial charge in [-0.1, -0.05) is 18.7 Å². The largest absolute Gasteiger partial charge is 0.497 e. The van der Waals surface area contributed by atoms with Gasteiger partial charge in [-0.3, -0.25) is 4.90 Å². The fourth-order valence-electron chi connectivity index (χ4n) is 3.14. The monoisotopic (exact) mass is 385 g/mol. The standard InChI is InChI=1S/C19H23N5O2S/c1-3-27-18-20-11-14(12-21-18)13-23-6-8-24(9-7-23)19-22-16-10-15(25-2)4-5-17(16)26-19/h4-5,10-12H,3,6-9,13H2,1-2H3. The molecule has 0 atom stereocenters. The lowest BCUT2D eigenvalue weighted by molar-refractivity contribution is 0.245. The van der Waals surface area contributed by atoms with E-state index in [2.05, 4.69) is 31.7 Å². The first-order valence-corrected chi connectivity index (χ1v) is 10.1. The van der Waals surface area contributed by atoms with Crippen LogP contribution in [0.2, 0.25) is 0 Å². The molecular formula is C19H23N5O2S. The van der Waals surface area contributed by atoms with Crippen molar-refractivity contribution >= 4 is 28.9 Å². The molecule has 1 fully saturated rings. The highest BCUT2D eigenvalue weighted by molar-refractivity contribution is 7.99. The number of fused-ring (bicyclic) bond motifs is 1. The number of piperazine rings is 1. The molecule has 4 rings (SSSR count). The Bertz CT molecular complexity index is 891. The van der Waals surface area contributed by atoms with E-state index in [4.69, 9.17) is 9.15 Å². The highest BCUT2D eigenvalue weighted by Gasteiger charge is 2.21. The summed E-state index contributed by atoms with van der Waals surface area (Å²) in [6.07, 6.45) is 3.87. The Morgan fingerprint density at radius 3 is 2.63 bits per heavy atom. The minimum atomic E-state index is 0.683. The van der Waals surface area contributed by atoms with Crippen LogP contribution in [0.15, 0.2) is 40.2 Å².